The molecule has 1 aliphatic heterocycles. The molecule has 0 fully saturated rings. The van der Waals surface area contributed by atoms with Crippen LogP contribution in [0.5, 0.6) is 17.2 Å². The van der Waals surface area contributed by atoms with Crippen molar-refractivity contribution < 1.29 is 23.7 Å². The number of carbonyl (C=O) groups excluding carboxylic acids is 1. The third-order valence-electron chi connectivity index (χ3n) is 2.28. The first-order valence-corrected chi connectivity index (χ1v) is 6.12. The second-order valence-corrected chi connectivity index (χ2v) is 4.20. The molecule has 0 radical (unpaired) electrons. The first-order chi connectivity index (χ1) is 9.10. The summed E-state index contributed by atoms with van der Waals surface area (Å²) in [7, 11) is 0. The van der Waals surface area contributed by atoms with E-state index in [0.29, 0.717) is 17.2 Å². The molecule has 1 aliphatic rings. The van der Waals surface area contributed by atoms with Crippen molar-refractivity contribution in [3.8, 4) is 17.2 Å². The lowest BCUT2D eigenvalue weighted by Crippen LogP contribution is -2.16. The summed E-state index contributed by atoms with van der Waals surface area (Å²) in [5.41, 5.74) is 0. The maximum atomic E-state index is 11.5. The molecule has 0 spiro atoms. The molecule has 2 rings (SSSR count). The van der Waals surface area contributed by atoms with Crippen molar-refractivity contribution >= 4 is 5.97 Å². The quantitative estimate of drug-likeness (QED) is 0.782. The maximum absolute atomic E-state index is 11.5. The number of hydrogen-bond acceptors (Lipinski definition) is 5. The number of carbonyl (C=O) groups is 1. The predicted molar refractivity (Wildman–Crippen MR) is 68.2 cm³/mol. The van der Waals surface area contributed by atoms with E-state index in [1.165, 1.54) is 6.26 Å². The van der Waals surface area contributed by atoms with E-state index in [-0.39, 0.29) is 18.5 Å². The number of fused-ring (bicyclic) bond motifs is 1. The van der Waals surface area contributed by atoms with Gasteiger partial charge >= 0.3 is 5.97 Å². The lowest BCUT2D eigenvalue weighted by Gasteiger charge is -2.18. The van der Waals surface area contributed by atoms with E-state index in [1.807, 2.05) is 13.8 Å². The summed E-state index contributed by atoms with van der Waals surface area (Å²) in [6.45, 7) is 5.89. The standard InChI is InChI=1S/C14H16O5/c1-4-16-14(15)13-8-17-12-7-10(18-9(2)3)5-6-11(12)19-13/h5-9H,4H2,1-3H3. The molecule has 1 aromatic carbocycles. The molecule has 0 bridgehead atoms. The van der Waals surface area contributed by atoms with Gasteiger partial charge in [0.2, 0.25) is 5.76 Å². The summed E-state index contributed by atoms with van der Waals surface area (Å²) in [6, 6.07) is 5.17. The summed E-state index contributed by atoms with van der Waals surface area (Å²) in [6.07, 6.45) is 1.31. The van der Waals surface area contributed by atoms with E-state index in [2.05, 4.69) is 0 Å². The predicted octanol–water partition coefficient (Wildman–Crippen LogP) is 2.65. The first-order valence-electron chi connectivity index (χ1n) is 6.12. The molecular weight excluding hydrogens is 248 g/mol. The normalized spacial score (nSPS) is 12.9. The third kappa shape index (κ3) is 3.19. The minimum absolute atomic E-state index is 0.0341. The van der Waals surface area contributed by atoms with E-state index in [4.69, 9.17) is 18.9 Å². The molecule has 0 unspecified atom stereocenters. The van der Waals surface area contributed by atoms with Crippen molar-refractivity contribution in [1.29, 1.82) is 0 Å². The van der Waals surface area contributed by atoms with Gasteiger partial charge in [-0.15, -0.1) is 0 Å². The van der Waals surface area contributed by atoms with Crippen LogP contribution in [0.15, 0.2) is 30.2 Å². The maximum Gasteiger partial charge on any atom is 0.377 e. The van der Waals surface area contributed by atoms with Gasteiger partial charge in [0.15, 0.2) is 11.5 Å². The highest BCUT2D eigenvalue weighted by Crippen LogP contribution is 2.36. The van der Waals surface area contributed by atoms with Crippen LogP contribution in [-0.2, 0) is 9.53 Å². The molecule has 0 aromatic heterocycles. The van der Waals surface area contributed by atoms with Gasteiger partial charge < -0.3 is 18.9 Å². The summed E-state index contributed by atoms with van der Waals surface area (Å²) in [5, 5.41) is 0. The molecular formula is C14H16O5. The van der Waals surface area contributed by atoms with Crippen LogP contribution >= 0.6 is 0 Å². The Hall–Kier alpha value is -2.17. The van der Waals surface area contributed by atoms with Gasteiger partial charge in [-0.2, -0.15) is 0 Å². The summed E-state index contributed by atoms with van der Waals surface area (Å²) in [5.74, 6) is 1.14. The van der Waals surface area contributed by atoms with Crippen molar-refractivity contribution in [2.24, 2.45) is 0 Å². The van der Waals surface area contributed by atoms with Crippen LogP contribution in [-0.4, -0.2) is 18.7 Å². The van der Waals surface area contributed by atoms with Crippen LogP contribution in [0.25, 0.3) is 0 Å². The van der Waals surface area contributed by atoms with Crippen LogP contribution in [0.4, 0.5) is 0 Å². The van der Waals surface area contributed by atoms with E-state index in [0.717, 1.165) is 0 Å². The average molecular weight is 264 g/mol. The van der Waals surface area contributed by atoms with E-state index in [9.17, 15) is 4.79 Å². The van der Waals surface area contributed by atoms with E-state index in [1.54, 1.807) is 25.1 Å². The molecule has 102 valence electrons. The Labute approximate surface area is 111 Å². The van der Waals surface area contributed by atoms with Crippen molar-refractivity contribution in [2.75, 3.05) is 6.61 Å². The molecule has 5 nitrogen and oxygen atoms in total. The van der Waals surface area contributed by atoms with Crippen molar-refractivity contribution in [3.63, 3.8) is 0 Å². The van der Waals surface area contributed by atoms with Crippen LogP contribution in [0.3, 0.4) is 0 Å². The second-order valence-electron chi connectivity index (χ2n) is 4.20. The van der Waals surface area contributed by atoms with Gasteiger partial charge in [-0.25, -0.2) is 4.79 Å². The van der Waals surface area contributed by atoms with Crippen LogP contribution in [0, 0.1) is 0 Å². The van der Waals surface area contributed by atoms with E-state index >= 15 is 0 Å². The van der Waals surface area contributed by atoms with Gasteiger partial charge in [0.25, 0.3) is 0 Å². The number of ether oxygens (including phenoxy) is 4. The van der Waals surface area contributed by atoms with Gasteiger partial charge in [0.1, 0.15) is 12.0 Å². The number of benzene rings is 1. The minimum atomic E-state index is -0.546. The summed E-state index contributed by atoms with van der Waals surface area (Å²) < 4.78 is 21.2. The lowest BCUT2D eigenvalue weighted by atomic mass is 10.3. The average Bonchev–Trinajstić information content (AvgIpc) is 2.37. The zero-order valence-corrected chi connectivity index (χ0v) is 11.1. The van der Waals surface area contributed by atoms with Gasteiger partial charge in [-0.3, -0.25) is 0 Å². The Balaban J connectivity index is 2.12. The zero-order valence-electron chi connectivity index (χ0n) is 11.1. The Morgan fingerprint density at radius 1 is 1.32 bits per heavy atom. The number of esters is 1. The summed E-state index contributed by atoms with van der Waals surface area (Å²) in [4.78, 5) is 11.5. The molecule has 0 saturated carbocycles. The molecule has 0 N–H and O–H groups in total. The smallest absolute Gasteiger partial charge is 0.377 e. The third-order valence-corrected chi connectivity index (χ3v) is 2.28. The Morgan fingerprint density at radius 3 is 2.79 bits per heavy atom. The Morgan fingerprint density at radius 2 is 2.11 bits per heavy atom. The molecule has 5 heteroatoms. The van der Waals surface area contributed by atoms with Gasteiger partial charge in [-0.05, 0) is 32.9 Å². The molecule has 0 saturated heterocycles. The van der Waals surface area contributed by atoms with Crippen LogP contribution in [0.1, 0.15) is 20.8 Å². The van der Waals surface area contributed by atoms with Crippen molar-refractivity contribution in [1.82, 2.24) is 0 Å². The molecule has 0 aliphatic carbocycles. The fraction of sp³-hybridized carbons (Fsp3) is 0.357. The largest absolute Gasteiger partial charge is 0.491 e. The molecule has 1 heterocycles. The molecule has 0 amide bonds. The highest BCUT2D eigenvalue weighted by molar-refractivity contribution is 5.87. The van der Waals surface area contributed by atoms with Crippen LogP contribution in [0.2, 0.25) is 0 Å². The second kappa shape index (κ2) is 5.65. The molecule has 19 heavy (non-hydrogen) atoms. The van der Waals surface area contributed by atoms with Crippen LogP contribution < -0.4 is 14.2 Å². The highest BCUT2D eigenvalue weighted by Gasteiger charge is 2.21. The van der Waals surface area contributed by atoms with Crippen molar-refractivity contribution in [3.05, 3.63) is 30.2 Å². The topological polar surface area (TPSA) is 54.0 Å². The Bertz CT molecular complexity index is 505. The fourth-order valence-electron chi connectivity index (χ4n) is 1.56. The minimum Gasteiger partial charge on any atom is -0.491 e. The zero-order chi connectivity index (χ0) is 13.8. The van der Waals surface area contributed by atoms with Gasteiger partial charge in [-0.1, -0.05) is 0 Å². The monoisotopic (exact) mass is 264 g/mol. The first kappa shape index (κ1) is 13.3. The molecule has 0 atom stereocenters. The summed E-state index contributed by atoms with van der Waals surface area (Å²) >= 11 is 0. The fourth-order valence-corrected chi connectivity index (χ4v) is 1.56. The van der Waals surface area contributed by atoms with Gasteiger partial charge in [0, 0.05) is 6.07 Å². The number of hydrogen-bond donors (Lipinski definition) is 0. The van der Waals surface area contributed by atoms with Gasteiger partial charge in [0.05, 0.1) is 12.7 Å². The SMILES string of the molecule is CCOC(=O)C1=COc2cc(OC(C)C)ccc2O1. The van der Waals surface area contributed by atoms with E-state index < -0.39 is 5.97 Å². The van der Waals surface area contributed by atoms with Crippen molar-refractivity contribution in [2.45, 2.75) is 26.9 Å². The lowest BCUT2D eigenvalue weighted by molar-refractivity contribution is -0.141. The number of rotatable bonds is 4. The molecule has 1 aromatic rings. The Kier molecular flexibility index (Phi) is 3.94. The highest BCUT2D eigenvalue weighted by atomic mass is 16.6.